The molecule has 0 fully saturated rings. The van der Waals surface area contributed by atoms with E-state index in [1.165, 1.54) is 27.4 Å². The van der Waals surface area contributed by atoms with Gasteiger partial charge in [0.15, 0.2) is 17.3 Å². The SMILES string of the molecule is COc1cc(C(=O)C=CNc2ccccc2C)cc(OC)c1OC. The Balaban J connectivity index is 2.20. The summed E-state index contributed by atoms with van der Waals surface area (Å²) in [5.74, 6) is 1.18. The van der Waals surface area contributed by atoms with Gasteiger partial charge in [0.2, 0.25) is 5.75 Å². The van der Waals surface area contributed by atoms with Crippen molar-refractivity contribution in [1.29, 1.82) is 0 Å². The maximum atomic E-state index is 12.4. The van der Waals surface area contributed by atoms with Crippen LogP contribution in [-0.2, 0) is 0 Å². The zero-order valence-electron chi connectivity index (χ0n) is 14.3. The van der Waals surface area contributed by atoms with Crippen molar-refractivity contribution in [1.82, 2.24) is 0 Å². The average molecular weight is 327 g/mol. The fraction of sp³-hybridized carbons (Fsp3) is 0.211. The molecule has 5 nitrogen and oxygen atoms in total. The third-order valence-electron chi connectivity index (χ3n) is 3.57. The smallest absolute Gasteiger partial charge is 0.203 e. The first kappa shape index (κ1) is 17.4. The van der Waals surface area contributed by atoms with Crippen molar-refractivity contribution in [2.45, 2.75) is 6.92 Å². The van der Waals surface area contributed by atoms with Crippen molar-refractivity contribution in [3.63, 3.8) is 0 Å². The molecule has 24 heavy (non-hydrogen) atoms. The van der Waals surface area contributed by atoms with Crippen LogP contribution >= 0.6 is 0 Å². The molecule has 0 aliphatic carbocycles. The zero-order valence-corrected chi connectivity index (χ0v) is 14.3. The lowest BCUT2D eigenvalue weighted by molar-refractivity contribution is 0.104. The first-order valence-corrected chi connectivity index (χ1v) is 7.43. The fourth-order valence-electron chi connectivity index (χ4n) is 2.26. The number of para-hydroxylation sites is 1. The van der Waals surface area contributed by atoms with Gasteiger partial charge in [-0.05, 0) is 30.7 Å². The summed E-state index contributed by atoms with van der Waals surface area (Å²) in [7, 11) is 4.55. The van der Waals surface area contributed by atoms with Crippen LogP contribution in [0.3, 0.4) is 0 Å². The topological polar surface area (TPSA) is 56.8 Å². The van der Waals surface area contributed by atoms with Crippen LogP contribution in [0.1, 0.15) is 15.9 Å². The molecule has 1 N–H and O–H groups in total. The van der Waals surface area contributed by atoms with Gasteiger partial charge in [0, 0.05) is 23.5 Å². The zero-order chi connectivity index (χ0) is 17.5. The third-order valence-corrected chi connectivity index (χ3v) is 3.57. The first-order valence-electron chi connectivity index (χ1n) is 7.43. The number of anilines is 1. The number of benzene rings is 2. The molecule has 2 rings (SSSR count). The second-order valence-electron chi connectivity index (χ2n) is 5.07. The maximum Gasteiger partial charge on any atom is 0.203 e. The number of ether oxygens (including phenoxy) is 3. The van der Waals surface area contributed by atoms with Crippen molar-refractivity contribution in [2.75, 3.05) is 26.6 Å². The van der Waals surface area contributed by atoms with Crippen molar-refractivity contribution in [3.8, 4) is 17.2 Å². The average Bonchev–Trinajstić information content (AvgIpc) is 2.61. The molecule has 0 saturated carbocycles. The Bertz CT molecular complexity index is 728. The van der Waals surface area contributed by atoms with Gasteiger partial charge in [-0.3, -0.25) is 4.79 Å². The number of nitrogens with one attached hydrogen (secondary N) is 1. The molecule has 0 aliphatic rings. The summed E-state index contributed by atoms with van der Waals surface area (Å²) in [5.41, 5.74) is 2.50. The van der Waals surface area contributed by atoms with E-state index in [-0.39, 0.29) is 5.78 Å². The Morgan fingerprint density at radius 1 is 1.00 bits per heavy atom. The molecule has 2 aromatic rings. The molecule has 0 saturated heterocycles. The Hall–Kier alpha value is -2.95. The standard InChI is InChI=1S/C19H21NO4/c1-13-7-5-6-8-15(13)20-10-9-16(21)14-11-17(22-2)19(24-4)18(12-14)23-3/h5-12,20H,1-4H3. The highest BCUT2D eigenvalue weighted by molar-refractivity contribution is 6.05. The van der Waals surface area contributed by atoms with Crippen LogP contribution in [-0.4, -0.2) is 27.1 Å². The molecule has 0 aliphatic heterocycles. The summed E-state index contributed by atoms with van der Waals surface area (Å²) in [5, 5.41) is 3.10. The van der Waals surface area contributed by atoms with E-state index in [0.29, 0.717) is 22.8 Å². The van der Waals surface area contributed by atoms with Crippen LogP contribution in [0.5, 0.6) is 17.2 Å². The van der Waals surface area contributed by atoms with Crippen LogP contribution in [0.15, 0.2) is 48.7 Å². The minimum atomic E-state index is -0.171. The van der Waals surface area contributed by atoms with E-state index < -0.39 is 0 Å². The minimum Gasteiger partial charge on any atom is -0.493 e. The molecule has 0 amide bonds. The van der Waals surface area contributed by atoms with Crippen LogP contribution < -0.4 is 19.5 Å². The normalized spacial score (nSPS) is 10.5. The summed E-state index contributed by atoms with van der Waals surface area (Å²) < 4.78 is 15.8. The van der Waals surface area contributed by atoms with Gasteiger partial charge in [-0.15, -0.1) is 0 Å². The molecule has 0 aromatic heterocycles. The van der Waals surface area contributed by atoms with Crippen LogP contribution in [0.4, 0.5) is 5.69 Å². The Kier molecular flexibility index (Phi) is 5.84. The minimum absolute atomic E-state index is 0.171. The van der Waals surface area contributed by atoms with Gasteiger partial charge < -0.3 is 19.5 Å². The van der Waals surface area contributed by atoms with Crippen molar-refractivity contribution >= 4 is 11.5 Å². The van der Waals surface area contributed by atoms with Crippen molar-refractivity contribution < 1.29 is 19.0 Å². The van der Waals surface area contributed by atoms with Gasteiger partial charge in [0.25, 0.3) is 0 Å². The van der Waals surface area contributed by atoms with Gasteiger partial charge in [0.05, 0.1) is 21.3 Å². The first-order chi connectivity index (χ1) is 11.6. The molecule has 0 bridgehead atoms. The highest BCUT2D eigenvalue weighted by atomic mass is 16.5. The maximum absolute atomic E-state index is 12.4. The number of hydrogen-bond acceptors (Lipinski definition) is 5. The van der Waals surface area contributed by atoms with Crippen molar-refractivity contribution in [3.05, 3.63) is 59.8 Å². The molecular weight excluding hydrogens is 306 g/mol. The van der Waals surface area contributed by atoms with E-state index in [0.717, 1.165) is 11.3 Å². The van der Waals surface area contributed by atoms with Gasteiger partial charge in [-0.1, -0.05) is 18.2 Å². The second-order valence-corrected chi connectivity index (χ2v) is 5.07. The molecule has 5 heteroatoms. The Labute approximate surface area is 141 Å². The summed E-state index contributed by atoms with van der Waals surface area (Å²) in [6.45, 7) is 2.00. The molecule has 2 aromatic carbocycles. The second kappa shape index (κ2) is 8.06. The van der Waals surface area contributed by atoms with E-state index in [4.69, 9.17) is 14.2 Å². The van der Waals surface area contributed by atoms with Crippen LogP contribution in [0.25, 0.3) is 0 Å². The molecule has 0 unspecified atom stereocenters. The number of allylic oxidation sites excluding steroid dienone is 1. The summed E-state index contributed by atoms with van der Waals surface area (Å²) in [4.78, 5) is 12.4. The summed E-state index contributed by atoms with van der Waals surface area (Å²) in [6, 6.07) is 11.1. The number of hydrogen-bond donors (Lipinski definition) is 1. The van der Waals surface area contributed by atoms with E-state index in [2.05, 4.69) is 5.32 Å². The van der Waals surface area contributed by atoms with Gasteiger partial charge in [-0.25, -0.2) is 0 Å². The van der Waals surface area contributed by atoms with E-state index in [9.17, 15) is 4.79 Å². The quantitative estimate of drug-likeness (QED) is 0.619. The van der Waals surface area contributed by atoms with Crippen LogP contribution in [0, 0.1) is 6.92 Å². The Morgan fingerprint density at radius 2 is 1.62 bits per heavy atom. The summed E-state index contributed by atoms with van der Waals surface area (Å²) >= 11 is 0. The molecule has 0 spiro atoms. The lowest BCUT2D eigenvalue weighted by Crippen LogP contribution is -2.01. The Morgan fingerprint density at radius 3 is 2.17 bits per heavy atom. The number of methoxy groups -OCH3 is 3. The lowest BCUT2D eigenvalue weighted by Gasteiger charge is -2.13. The number of aryl methyl sites for hydroxylation is 1. The highest BCUT2D eigenvalue weighted by Crippen LogP contribution is 2.38. The molecule has 0 heterocycles. The van der Waals surface area contributed by atoms with Gasteiger partial charge in [0.1, 0.15) is 0 Å². The van der Waals surface area contributed by atoms with Gasteiger partial charge >= 0.3 is 0 Å². The third kappa shape index (κ3) is 3.87. The fourth-order valence-corrected chi connectivity index (χ4v) is 2.26. The van der Waals surface area contributed by atoms with E-state index in [1.54, 1.807) is 18.3 Å². The van der Waals surface area contributed by atoms with Crippen molar-refractivity contribution in [2.24, 2.45) is 0 Å². The molecule has 0 radical (unpaired) electrons. The number of carbonyl (C=O) groups is 1. The largest absolute Gasteiger partial charge is 0.493 e. The van der Waals surface area contributed by atoms with E-state index >= 15 is 0 Å². The predicted molar refractivity (Wildman–Crippen MR) is 94.4 cm³/mol. The van der Waals surface area contributed by atoms with Crippen LogP contribution in [0.2, 0.25) is 0 Å². The number of carbonyl (C=O) groups excluding carboxylic acids is 1. The van der Waals surface area contributed by atoms with Gasteiger partial charge in [-0.2, -0.15) is 0 Å². The lowest BCUT2D eigenvalue weighted by atomic mass is 10.1. The molecule has 0 atom stereocenters. The summed E-state index contributed by atoms with van der Waals surface area (Å²) in [6.07, 6.45) is 3.08. The number of ketones is 1. The molecule has 126 valence electrons. The predicted octanol–water partition coefficient (Wildman–Crippen LogP) is 3.83. The number of rotatable bonds is 7. The highest BCUT2D eigenvalue weighted by Gasteiger charge is 2.15. The molecular formula is C19H21NO4. The van der Waals surface area contributed by atoms with E-state index in [1.807, 2.05) is 31.2 Å². The monoisotopic (exact) mass is 327 g/mol.